The van der Waals surface area contributed by atoms with E-state index in [9.17, 15) is 9.59 Å². The smallest absolute Gasteiger partial charge is 0.322 e. The molecule has 150 valence electrons. The van der Waals surface area contributed by atoms with E-state index in [0.29, 0.717) is 6.54 Å². The molecule has 1 unspecified atom stereocenters. The van der Waals surface area contributed by atoms with E-state index in [0.717, 1.165) is 48.3 Å². The monoisotopic (exact) mass is 506 g/mol. The third-order valence-corrected chi connectivity index (χ3v) is 5.97. The summed E-state index contributed by atoms with van der Waals surface area (Å²) in [5.41, 5.74) is -0.807. The summed E-state index contributed by atoms with van der Waals surface area (Å²) in [5.74, 6) is 0.793. The molecule has 27 heavy (non-hydrogen) atoms. The average molecular weight is 506 g/mol. The summed E-state index contributed by atoms with van der Waals surface area (Å²) >= 11 is 1.66. The predicted molar refractivity (Wildman–Crippen MR) is 116 cm³/mol. The second-order valence-corrected chi connectivity index (χ2v) is 8.21. The molecule has 0 bridgehead atoms. The highest BCUT2D eigenvalue weighted by atomic mass is 127. The Balaban J connectivity index is 0.00000261. The summed E-state index contributed by atoms with van der Waals surface area (Å²) in [7, 11) is 0. The maximum absolute atomic E-state index is 12.1. The SMILES string of the molecule is CCNC(=NCc1cnc(C)s1)N1CCC(C2(C)NC(=O)NC2=O)CC1.I. The second kappa shape index (κ2) is 9.18. The fourth-order valence-electron chi connectivity index (χ4n) is 3.57. The third kappa shape index (κ3) is 4.89. The molecule has 0 aromatic carbocycles. The number of aromatic nitrogens is 1. The summed E-state index contributed by atoms with van der Waals surface area (Å²) in [5, 5.41) is 9.55. The lowest BCUT2D eigenvalue weighted by atomic mass is 9.79. The highest BCUT2D eigenvalue weighted by molar-refractivity contribution is 14.0. The molecule has 2 aliphatic heterocycles. The van der Waals surface area contributed by atoms with E-state index in [-0.39, 0.29) is 35.8 Å². The third-order valence-electron chi connectivity index (χ3n) is 5.07. The number of hydrogen-bond acceptors (Lipinski definition) is 5. The maximum Gasteiger partial charge on any atom is 0.322 e. The number of piperidine rings is 1. The quantitative estimate of drug-likeness (QED) is 0.251. The van der Waals surface area contributed by atoms with Crippen LogP contribution in [0.25, 0.3) is 0 Å². The number of hydrogen-bond donors (Lipinski definition) is 3. The predicted octanol–water partition coefficient (Wildman–Crippen LogP) is 1.85. The highest BCUT2D eigenvalue weighted by Crippen LogP contribution is 2.30. The zero-order chi connectivity index (χ0) is 18.7. The van der Waals surface area contributed by atoms with Gasteiger partial charge in [-0.15, -0.1) is 35.3 Å². The average Bonchev–Trinajstić information content (AvgIpc) is 3.14. The molecule has 0 radical (unpaired) electrons. The van der Waals surface area contributed by atoms with Gasteiger partial charge in [0.25, 0.3) is 5.91 Å². The van der Waals surface area contributed by atoms with Gasteiger partial charge in [0.2, 0.25) is 0 Å². The van der Waals surface area contributed by atoms with Crippen LogP contribution in [0.3, 0.4) is 0 Å². The topological polar surface area (TPSA) is 98.7 Å². The van der Waals surface area contributed by atoms with Crippen molar-refractivity contribution < 1.29 is 9.59 Å². The van der Waals surface area contributed by atoms with Crippen molar-refractivity contribution in [3.63, 3.8) is 0 Å². The van der Waals surface area contributed by atoms with Crippen molar-refractivity contribution in [2.75, 3.05) is 19.6 Å². The number of rotatable bonds is 4. The number of aliphatic imine (C=N–C) groups is 1. The number of nitrogens with zero attached hydrogens (tertiary/aromatic N) is 3. The Kier molecular flexibility index (Phi) is 7.43. The molecule has 3 rings (SSSR count). The van der Waals surface area contributed by atoms with Crippen LogP contribution in [-0.4, -0.2) is 53.0 Å². The number of nitrogens with one attached hydrogen (secondary N) is 3. The molecule has 1 atom stereocenters. The van der Waals surface area contributed by atoms with Crippen LogP contribution in [0.2, 0.25) is 0 Å². The number of amides is 3. The molecule has 1 aromatic rings. The van der Waals surface area contributed by atoms with Crippen LogP contribution < -0.4 is 16.0 Å². The van der Waals surface area contributed by atoms with Crippen molar-refractivity contribution in [3.05, 3.63) is 16.1 Å². The molecule has 2 fully saturated rings. The molecule has 2 aliphatic rings. The molecule has 0 saturated carbocycles. The number of urea groups is 1. The van der Waals surface area contributed by atoms with Crippen LogP contribution >= 0.6 is 35.3 Å². The van der Waals surface area contributed by atoms with Crippen molar-refractivity contribution in [2.45, 2.75) is 45.7 Å². The van der Waals surface area contributed by atoms with Gasteiger partial charge in [-0.05, 0) is 39.5 Å². The Labute approximate surface area is 180 Å². The van der Waals surface area contributed by atoms with Gasteiger partial charge in [-0.3, -0.25) is 10.1 Å². The van der Waals surface area contributed by atoms with E-state index in [2.05, 4.69) is 32.8 Å². The summed E-state index contributed by atoms with van der Waals surface area (Å²) < 4.78 is 0. The normalized spacial score (nSPS) is 23.7. The van der Waals surface area contributed by atoms with E-state index in [1.54, 1.807) is 11.3 Å². The second-order valence-electron chi connectivity index (χ2n) is 6.89. The molecule has 3 N–H and O–H groups in total. The van der Waals surface area contributed by atoms with Crippen LogP contribution in [0, 0.1) is 12.8 Å². The van der Waals surface area contributed by atoms with E-state index >= 15 is 0 Å². The number of imide groups is 1. The number of likely N-dealkylation sites (tertiary alicyclic amines) is 1. The summed E-state index contributed by atoms with van der Waals surface area (Å²) in [6.07, 6.45) is 3.53. The van der Waals surface area contributed by atoms with Gasteiger partial charge in [0.05, 0.1) is 11.6 Å². The van der Waals surface area contributed by atoms with Gasteiger partial charge < -0.3 is 15.5 Å². The number of halogens is 1. The van der Waals surface area contributed by atoms with Crippen LogP contribution in [0.1, 0.15) is 36.6 Å². The number of guanidine groups is 1. The fraction of sp³-hybridized carbons (Fsp3) is 0.647. The Hall–Kier alpha value is -1.43. The first-order chi connectivity index (χ1) is 12.4. The lowest BCUT2D eigenvalue weighted by Crippen LogP contribution is -2.55. The standard InChI is InChI=1S/C17H26N6O2S.HI/c1-4-18-15(20-10-13-9-19-11(2)26-13)23-7-5-12(6-8-23)17(3)14(24)21-16(25)22-17;/h9,12H,4-8,10H2,1-3H3,(H,18,20)(H2,21,22,24,25);1H. The van der Waals surface area contributed by atoms with Gasteiger partial charge >= 0.3 is 6.03 Å². The van der Waals surface area contributed by atoms with Crippen molar-refractivity contribution in [2.24, 2.45) is 10.9 Å². The molecule has 3 amide bonds. The first-order valence-electron chi connectivity index (χ1n) is 9.00. The van der Waals surface area contributed by atoms with Crippen molar-refractivity contribution in [1.29, 1.82) is 0 Å². The summed E-state index contributed by atoms with van der Waals surface area (Å²) in [6.45, 7) is 8.89. The van der Waals surface area contributed by atoms with Gasteiger partial charge in [0.1, 0.15) is 5.54 Å². The molecule has 10 heteroatoms. The number of carbonyl (C=O) groups is 2. The zero-order valence-corrected chi connectivity index (χ0v) is 19.0. The van der Waals surface area contributed by atoms with Gasteiger partial charge in [0.15, 0.2) is 5.96 Å². The van der Waals surface area contributed by atoms with Crippen LogP contribution in [0.15, 0.2) is 11.2 Å². The highest BCUT2D eigenvalue weighted by Gasteiger charge is 2.48. The minimum absolute atomic E-state index is 0. The minimum atomic E-state index is -0.807. The molecule has 0 spiro atoms. The van der Waals surface area contributed by atoms with Gasteiger partial charge in [-0.2, -0.15) is 0 Å². The van der Waals surface area contributed by atoms with Crippen molar-refractivity contribution >= 4 is 53.2 Å². The molecular weight excluding hydrogens is 479 g/mol. The Bertz CT molecular complexity index is 716. The minimum Gasteiger partial charge on any atom is -0.357 e. The van der Waals surface area contributed by atoms with Gasteiger partial charge in [-0.1, -0.05) is 0 Å². The lowest BCUT2D eigenvalue weighted by Gasteiger charge is -2.39. The number of aryl methyl sites for hydroxylation is 1. The van der Waals surface area contributed by atoms with Gasteiger partial charge in [-0.25, -0.2) is 14.8 Å². The first kappa shape index (κ1) is 21.9. The summed E-state index contributed by atoms with van der Waals surface area (Å²) in [4.78, 5) is 36.0. The van der Waals surface area contributed by atoms with Crippen molar-refractivity contribution in [1.82, 2.24) is 25.8 Å². The van der Waals surface area contributed by atoms with E-state index < -0.39 is 11.6 Å². The largest absolute Gasteiger partial charge is 0.357 e. The van der Waals surface area contributed by atoms with E-state index in [1.165, 1.54) is 0 Å². The van der Waals surface area contributed by atoms with Gasteiger partial charge in [0, 0.05) is 30.7 Å². The van der Waals surface area contributed by atoms with Crippen molar-refractivity contribution in [3.8, 4) is 0 Å². The van der Waals surface area contributed by atoms with Crippen LogP contribution in [0.5, 0.6) is 0 Å². The Morgan fingerprint density at radius 2 is 2.15 bits per heavy atom. The first-order valence-corrected chi connectivity index (χ1v) is 9.82. The fourth-order valence-corrected chi connectivity index (χ4v) is 4.29. The van der Waals surface area contributed by atoms with Crippen LogP contribution in [-0.2, 0) is 11.3 Å². The van der Waals surface area contributed by atoms with Crippen LogP contribution in [0.4, 0.5) is 4.79 Å². The molecule has 1 aromatic heterocycles. The van der Waals surface area contributed by atoms with E-state index in [4.69, 9.17) is 4.99 Å². The Morgan fingerprint density at radius 1 is 1.44 bits per heavy atom. The zero-order valence-electron chi connectivity index (χ0n) is 15.9. The molecule has 0 aliphatic carbocycles. The lowest BCUT2D eigenvalue weighted by molar-refractivity contribution is -0.125. The number of thiazole rings is 1. The molecule has 3 heterocycles. The Morgan fingerprint density at radius 3 is 2.67 bits per heavy atom. The molecule has 8 nitrogen and oxygen atoms in total. The summed E-state index contributed by atoms with van der Waals surface area (Å²) in [6, 6.07) is -0.394. The van der Waals surface area contributed by atoms with E-state index in [1.807, 2.05) is 20.0 Å². The molecule has 2 saturated heterocycles. The molecular formula is C17H27IN6O2S. The maximum atomic E-state index is 12.1. The number of carbonyl (C=O) groups excluding carboxylic acids is 2.